The molecule has 0 aromatic heterocycles. The van der Waals surface area contributed by atoms with Crippen LogP contribution in [0.1, 0.15) is 37.9 Å². The molecule has 0 fully saturated rings. The van der Waals surface area contributed by atoms with Crippen molar-refractivity contribution in [2.45, 2.75) is 39.3 Å². The van der Waals surface area contributed by atoms with E-state index in [9.17, 15) is 4.79 Å². The zero-order valence-corrected chi connectivity index (χ0v) is 11.5. The minimum Gasteiger partial charge on any atom is -0.444 e. The van der Waals surface area contributed by atoms with Gasteiger partial charge >= 0.3 is 6.09 Å². The number of ether oxygens (including phenoxy) is 1. The van der Waals surface area contributed by atoms with Gasteiger partial charge in [-0.05, 0) is 33.3 Å². The van der Waals surface area contributed by atoms with Gasteiger partial charge in [-0.15, -0.1) is 0 Å². The highest BCUT2D eigenvalue weighted by molar-refractivity contribution is 5.67. The van der Waals surface area contributed by atoms with Crippen molar-refractivity contribution in [2.24, 2.45) is 5.73 Å². The van der Waals surface area contributed by atoms with Gasteiger partial charge in [0.25, 0.3) is 0 Å². The molecule has 1 amide bonds. The molecule has 3 N–H and O–H groups in total. The van der Waals surface area contributed by atoms with Gasteiger partial charge in [0.15, 0.2) is 0 Å². The van der Waals surface area contributed by atoms with E-state index in [1.807, 2.05) is 52.0 Å². The molecule has 0 saturated heterocycles. The number of hydrogen-bond donors (Lipinski definition) is 2. The van der Waals surface area contributed by atoms with Crippen molar-refractivity contribution >= 4 is 6.09 Å². The molecule has 1 rings (SSSR count). The van der Waals surface area contributed by atoms with E-state index in [2.05, 4.69) is 5.32 Å². The first-order valence-corrected chi connectivity index (χ1v) is 6.07. The highest BCUT2D eigenvalue weighted by atomic mass is 16.6. The number of hydrogen-bond acceptors (Lipinski definition) is 3. The highest BCUT2D eigenvalue weighted by Crippen LogP contribution is 2.11. The number of nitrogens with two attached hydrogens (primary N) is 1. The summed E-state index contributed by atoms with van der Waals surface area (Å²) in [6.45, 7) is 7.86. The summed E-state index contributed by atoms with van der Waals surface area (Å²) >= 11 is 0. The number of amides is 1. The van der Waals surface area contributed by atoms with Crippen LogP contribution >= 0.6 is 0 Å². The standard InChI is InChI=1S/C14H22N2O2/c1-10-5-7-11(8-6-10)12(15)9-16-13(17)18-14(2,3)4/h5-8,12H,9,15H2,1-4H3,(H,16,17)/t12-/m1/s1. The Morgan fingerprint density at radius 1 is 1.33 bits per heavy atom. The van der Waals surface area contributed by atoms with Gasteiger partial charge in [-0.2, -0.15) is 0 Å². The summed E-state index contributed by atoms with van der Waals surface area (Å²) in [5.74, 6) is 0. The third-order valence-electron chi connectivity index (χ3n) is 2.37. The molecule has 0 aliphatic carbocycles. The molecule has 0 spiro atoms. The van der Waals surface area contributed by atoms with Crippen molar-refractivity contribution < 1.29 is 9.53 Å². The first-order chi connectivity index (χ1) is 8.28. The van der Waals surface area contributed by atoms with Crippen LogP contribution in [0, 0.1) is 6.92 Å². The summed E-state index contributed by atoms with van der Waals surface area (Å²) in [6.07, 6.45) is -0.440. The lowest BCUT2D eigenvalue weighted by Gasteiger charge is -2.21. The van der Waals surface area contributed by atoms with Gasteiger partial charge in [-0.25, -0.2) is 4.79 Å². The fourth-order valence-corrected chi connectivity index (χ4v) is 1.44. The van der Waals surface area contributed by atoms with Crippen molar-refractivity contribution in [3.05, 3.63) is 35.4 Å². The molecule has 0 unspecified atom stereocenters. The molecule has 4 heteroatoms. The summed E-state index contributed by atoms with van der Waals surface area (Å²) in [5, 5.41) is 2.67. The maximum Gasteiger partial charge on any atom is 0.407 e. The summed E-state index contributed by atoms with van der Waals surface area (Å²) in [6, 6.07) is 7.72. The first-order valence-electron chi connectivity index (χ1n) is 6.07. The molecule has 1 atom stereocenters. The second-order valence-corrected chi connectivity index (χ2v) is 5.40. The van der Waals surface area contributed by atoms with E-state index in [1.54, 1.807) is 0 Å². The van der Waals surface area contributed by atoms with Crippen molar-refractivity contribution in [2.75, 3.05) is 6.54 Å². The highest BCUT2D eigenvalue weighted by Gasteiger charge is 2.16. The Labute approximate surface area is 109 Å². The molecule has 4 nitrogen and oxygen atoms in total. The molecule has 100 valence electrons. The first kappa shape index (κ1) is 14.5. The molecular weight excluding hydrogens is 228 g/mol. The normalized spacial score (nSPS) is 12.9. The number of rotatable bonds is 3. The van der Waals surface area contributed by atoms with E-state index >= 15 is 0 Å². The van der Waals surface area contributed by atoms with E-state index in [0.29, 0.717) is 6.54 Å². The largest absolute Gasteiger partial charge is 0.444 e. The van der Waals surface area contributed by atoms with Crippen LogP contribution in [0.25, 0.3) is 0 Å². The van der Waals surface area contributed by atoms with E-state index in [4.69, 9.17) is 10.5 Å². The molecule has 18 heavy (non-hydrogen) atoms. The van der Waals surface area contributed by atoms with Crippen molar-refractivity contribution in [1.82, 2.24) is 5.32 Å². The molecule has 1 aromatic carbocycles. The minimum absolute atomic E-state index is 0.224. The lowest BCUT2D eigenvalue weighted by Crippen LogP contribution is -2.36. The van der Waals surface area contributed by atoms with Crippen LogP contribution in [-0.2, 0) is 4.74 Å². The molecule has 0 heterocycles. The van der Waals surface area contributed by atoms with Gasteiger partial charge in [0.05, 0.1) is 0 Å². The Balaban J connectivity index is 2.44. The van der Waals surface area contributed by atoms with Crippen LogP contribution in [0.3, 0.4) is 0 Å². The number of aryl methyl sites for hydroxylation is 1. The van der Waals surface area contributed by atoms with Crippen LogP contribution in [0.5, 0.6) is 0 Å². The van der Waals surface area contributed by atoms with E-state index in [-0.39, 0.29) is 6.04 Å². The second-order valence-electron chi connectivity index (χ2n) is 5.40. The number of benzene rings is 1. The molecule has 1 aromatic rings. The van der Waals surface area contributed by atoms with Crippen LogP contribution in [0.2, 0.25) is 0 Å². The number of nitrogens with one attached hydrogen (secondary N) is 1. The predicted molar refractivity (Wildman–Crippen MR) is 72.3 cm³/mol. The Hall–Kier alpha value is -1.55. The van der Waals surface area contributed by atoms with E-state index in [1.165, 1.54) is 5.56 Å². The Morgan fingerprint density at radius 2 is 1.89 bits per heavy atom. The Kier molecular flexibility index (Phi) is 4.73. The van der Waals surface area contributed by atoms with Crippen molar-refractivity contribution in [1.29, 1.82) is 0 Å². The van der Waals surface area contributed by atoms with Crippen molar-refractivity contribution in [3.63, 3.8) is 0 Å². The van der Waals surface area contributed by atoms with Crippen LogP contribution in [0.15, 0.2) is 24.3 Å². The SMILES string of the molecule is Cc1ccc([C@H](N)CNC(=O)OC(C)(C)C)cc1. The zero-order valence-electron chi connectivity index (χ0n) is 11.5. The summed E-state index contributed by atoms with van der Waals surface area (Å²) in [4.78, 5) is 11.5. The van der Waals surface area contributed by atoms with Crippen molar-refractivity contribution in [3.8, 4) is 0 Å². The zero-order chi connectivity index (χ0) is 13.8. The second kappa shape index (κ2) is 5.87. The molecule has 0 saturated carbocycles. The maximum atomic E-state index is 11.5. The Bertz CT molecular complexity index is 393. The van der Waals surface area contributed by atoms with Crippen LogP contribution in [-0.4, -0.2) is 18.2 Å². The van der Waals surface area contributed by atoms with Gasteiger partial charge in [0, 0.05) is 12.6 Å². The number of alkyl carbamates (subject to hydrolysis) is 1. The van der Waals surface area contributed by atoms with Crippen LogP contribution < -0.4 is 11.1 Å². The van der Waals surface area contributed by atoms with Gasteiger partial charge in [-0.3, -0.25) is 0 Å². The third-order valence-corrected chi connectivity index (χ3v) is 2.37. The molecule has 0 aliphatic rings. The fourth-order valence-electron chi connectivity index (χ4n) is 1.44. The minimum atomic E-state index is -0.488. The average Bonchev–Trinajstić information content (AvgIpc) is 2.24. The van der Waals surface area contributed by atoms with E-state index < -0.39 is 11.7 Å². The molecule has 0 aliphatic heterocycles. The summed E-state index contributed by atoms with van der Waals surface area (Å²) in [7, 11) is 0. The monoisotopic (exact) mass is 250 g/mol. The van der Waals surface area contributed by atoms with Gasteiger partial charge in [0.1, 0.15) is 5.60 Å². The molecular formula is C14H22N2O2. The maximum absolute atomic E-state index is 11.5. The smallest absolute Gasteiger partial charge is 0.407 e. The number of carbonyl (C=O) groups is 1. The summed E-state index contributed by atoms with van der Waals surface area (Å²) < 4.78 is 5.14. The summed E-state index contributed by atoms with van der Waals surface area (Å²) in [5.41, 5.74) is 7.68. The number of carbonyl (C=O) groups excluding carboxylic acids is 1. The average molecular weight is 250 g/mol. The molecule has 0 radical (unpaired) electrons. The predicted octanol–water partition coefficient (Wildman–Crippen LogP) is 2.52. The van der Waals surface area contributed by atoms with E-state index in [0.717, 1.165) is 5.56 Å². The fraction of sp³-hybridized carbons (Fsp3) is 0.500. The van der Waals surface area contributed by atoms with Crippen LogP contribution in [0.4, 0.5) is 4.79 Å². The Morgan fingerprint density at radius 3 is 2.39 bits per heavy atom. The lowest BCUT2D eigenvalue weighted by molar-refractivity contribution is 0.0524. The lowest BCUT2D eigenvalue weighted by atomic mass is 10.1. The van der Waals surface area contributed by atoms with Gasteiger partial charge in [0.2, 0.25) is 0 Å². The third kappa shape index (κ3) is 5.19. The molecule has 0 bridgehead atoms. The quantitative estimate of drug-likeness (QED) is 0.866. The topological polar surface area (TPSA) is 64.3 Å². The van der Waals surface area contributed by atoms with Gasteiger partial charge in [-0.1, -0.05) is 29.8 Å². The van der Waals surface area contributed by atoms with Gasteiger partial charge < -0.3 is 15.8 Å².